The zero-order valence-corrected chi connectivity index (χ0v) is 8.06. The van der Waals surface area contributed by atoms with Crippen molar-refractivity contribution < 1.29 is 17.4 Å². The van der Waals surface area contributed by atoms with Crippen LogP contribution >= 0.6 is 15.9 Å². The van der Waals surface area contributed by atoms with E-state index >= 15 is 0 Å². The summed E-state index contributed by atoms with van der Waals surface area (Å²) >= 11 is 2.84. The average Bonchev–Trinajstić information content (AvgIpc) is 1.92. The molecule has 0 bridgehead atoms. The van der Waals surface area contributed by atoms with Gasteiger partial charge >= 0.3 is 10.2 Å². The molecule has 1 rings (SSSR count). The highest BCUT2D eigenvalue weighted by Gasteiger charge is 2.16. The van der Waals surface area contributed by atoms with Crippen molar-refractivity contribution in [1.29, 1.82) is 0 Å². The second kappa shape index (κ2) is 3.02. The molecule has 1 N–H and O–H groups in total. The first-order valence-corrected chi connectivity index (χ1v) is 5.02. The van der Waals surface area contributed by atoms with Crippen molar-refractivity contribution in [1.82, 2.24) is 0 Å². The summed E-state index contributed by atoms with van der Waals surface area (Å²) in [5.41, 5.74) is 0. The Hall–Kier alpha value is -0.620. The van der Waals surface area contributed by atoms with E-state index in [1.165, 1.54) is 12.1 Å². The van der Waals surface area contributed by atoms with Gasteiger partial charge in [-0.25, -0.2) is 0 Å². The first-order valence-electron chi connectivity index (χ1n) is 2.84. The standard InChI is InChI=1S/C6H4BrFO3S/c7-5-2-1-4(9)3-6(5)12(8,10)11/h1-3,9H. The molecule has 1 aromatic rings. The maximum Gasteiger partial charge on any atom is 0.333 e. The van der Waals surface area contributed by atoms with Crippen molar-refractivity contribution in [3.63, 3.8) is 0 Å². The SMILES string of the molecule is O=S(=O)(F)c1cc(O)ccc1Br. The normalized spacial score (nSPS) is 11.5. The van der Waals surface area contributed by atoms with Crippen LogP contribution in [0.3, 0.4) is 0 Å². The molecule has 0 amide bonds. The third-order valence-electron chi connectivity index (χ3n) is 1.18. The maximum atomic E-state index is 12.4. The van der Waals surface area contributed by atoms with Gasteiger partial charge in [0.25, 0.3) is 0 Å². The van der Waals surface area contributed by atoms with Crippen LogP contribution in [-0.2, 0) is 10.2 Å². The van der Waals surface area contributed by atoms with Crippen LogP contribution in [0.4, 0.5) is 3.89 Å². The lowest BCUT2D eigenvalue weighted by molar-refractivity contribution is 0.472. The highest BCUT2D eigenvalue weighted by atomic mass is 79.9. The molecular formula is C6H4BrFO3S. The highest BCUT2D eigenvalue weighted by molar-refractivity contribution is 9.10. The minimum atomic E-state index is -4.76. The summed E-state index contributed by atoms with van der Waals surface area (Å²) in [5, 5.41) is 8.85. The molecule has 3 nitrogen and oxygen atoms in total. The molecule has 0 atom stereocenters. The molecule has 0 aromatic heterocycles. The van der Waals surface area contributed by atoms with Gasteiger partial charge in [0.05, 0.1) is 0 Å². The number of hydrogen-bond donors (Lipinski definition) is 1. The van der Waals surface area contributed by atoms with Gasteiger partial charge in [0.2, 0.25) is 0 Å². The summed E-state index contributed by atoms with van der Waals surface area (Å²) in [6.07, 6.45) is 0. The molecule has 0 unspecified atom stereocenters. The van der Waals surface area contributed by atoms with Gasteiger partial charge in [-0.1, -0.05) is 0 Å². The Morgan fingerprint density at radius 3 is 2.42 bits per heavy atom. The molecular weight excluding hydrogens is 251 g/mol. The Bertz CT molecular complexity index is 401. The number of rotatable bonds is 1. The monoisotopic (exact) mass is 254 g/mol. The molecule has 0 aliphatic rings. The number of phenols is 1. The van der Waals surface area contributed by atoms with E-state index in [-0.39, 0.29) is 10.2 Å². The molecule has 0 spiro atoms. The van der Waals surface area contributed by atoms with Gasteiger partial charge in [-0.2, -0.15) is 8.42 Å². The fourth-order valence-electron chi connectivity index (χ4n) is 0.679. The molecule has 0 heterocycles. The van der Waals surface area contributed by atoms with E-state index in [9.17, 15) is 12.3 Å². The molecule has 1 aromatic carbocycles. The van der Waals surface area contributed by atoms with E-state index in [1.54, 1.807) is 0 Å². The summed E-state index contributed by atoms with van der Waals surface area (Å²) in [6.45, 7) is 0. The first-order chi connectivity index (χ1) is 5.41. The van der Waals surface area contributed by atoms with Gasteiger partial charge in [0, 0.05) is 10.5 Å². The van der Waals surface area contributed by atoms with E-state index in [4.69, 9.17) is 5.11 Å². The van der Waals surface area contributed by atoms with Crippen molar-refractivity contribution in [3.8, 4) is 5.75 Å². The number of halogens is 2. The quantitative estimate of drug-likeness (QED) is 0.778. The smallest absolute Gasteiger partial charge is 0.333 e. The fraction of sp³-hybridized carbons (Fsp3) is 0. The topological polar surface area (TPSA) is 54.4 Å². The molecule has 0 aliphatic carbocycles. The van der Waals surface area contributed by atoms with E-state index in [0.29, 0.717) is 0 Å². The fourth-order valence-corrected chi connectivity index (χ4v) is 2.07. The molecule has 0 saturated carbocycles. The number of phenolic OH excluding ortho intramolecular Hbond substituents is 1. The van der Waals surface area contributed by atoms with Gasteiger partial charge in [-0.3, -0.25) is 0 Å². The Morgan fingerprint density at radius 2 is 2.00 bits per heavy atom. The van der Waals surface area contributed by atoms with Crippen LogP contribution in [0.2, 0.25) is 0 Å². The van der Waals surface area contributed by atoms with E-state index in [0.717, 1.165) is 6.07 Å². The van der Waals surface area contributed by atoms with E-state index in [2.05, 4.69) is 15.9 Å². The Morgan fingerprint density at radius 1 is 1.42 bits per heavy atom. The third kappa shape index (κ3) is 1.95. The van der Waals surface area contributed by atoms with Crippen molar-refractivity contribution in [2.45, 2.75) is 4.90 Å². The van der Waals surface area contributed by atoms with Crippen LogP contribution in [0.1, 0.15) is 0 Å². The van der Waals surface area contributed by atoms with E-state index < -0.39 is 15.1 Å². The van der Waals surface area contributed by atoms with Crippen LogP contribution < -0.4 is 0 Å². The summed E-state index contributed by atoms with van der Waals surface area (Å²) in [6, 6.07) is 3.33. The van der Waals surface area contributed by atoms with E-state index in [1.807, 2.05) is 0 Å². The molecule has 0 fully saturated rings. The van der Waals surface area contributed by atoms with Crippen molar-refractivity contribution in [2.75, 3.05) is 0 Å². The lowest BCUT2D eigenvalue weighted by atomic mass is 10.3. The lowest BCUT2D eigenvalue weighted by Gasteiger charge is -1.98. The Balaban J connectivity index is 3.43. The average molecular weight is 255 g/mol. The van der Waals surface area contributed by atoms with Crippen LogP contribution in [0.25, 0.3) is 0 Å². The summed E-state index contributed by atoms with van der Waals surface area (Å²) in [7, 11) is -4.76. The van der Waals surface area contributed by atoms with Crippen molar-refractivity contribution >= 4 is 26.2 Å². The number of benzene rings is 1. The van der Waals surface area contributed by atoms with Gasteiger partial charge in [0.15, 0.2) is 0 Å². The van der Waals surface area contributed by atoms with Crippen molar-refractivity contribution in [2.24, 2.45) is 0 Å². The van der Waals surface area contributed by atoms with Crippen LogP contribution in [0.5, 0.6) is 5.75 Å². The molecule has 12 heavy (non-hydrogen) atoms. The van der Waals surface area contributed by atoms with Crippen LogP contribution in [0, 0.1) is 0 Å². The van der Waals surface area contributed by atoms with Crippen molar-refractivity contribution in [3.05, 3.63) is 22.7 Å². The van der Waals surface area contributed by atoms with Gasteiger partial charge in [0.1, 0.15) is 10.6 Å². The number of hydrogen-bond acceptors (Lipinski definition) is 3. The molecule has 6 heteroatoms. The third-order valence-corrected chi connectivity index (χ3v) is 2.99. The highest BCUT2D eigenvalue weighted by Crippen LogP contribution is 2.26. The largest absolute Gasteiger partial charge is 0.508 e. The van der Waals surface area contributed by atoms with Crippen LogP contribution in [0.15, 0.2) is 27.6 Å². The first kappa shape index (κ1) is 9.47. The zero-order chi connectivity index (χ0) is 9.35. The molecule has 66 valence electrons. The maximum absolute atomic E-state index is 12.4. The molecule has 0 radical (unpaired) electrons. The Labute approximate surface area is 77.2 Å². The predicted molar refractivity (Wildman–Crippen MR) is 44.1 cm³/mol. The Kier molecular flexibility index (Phi) is 2.39. The lowest BCUT2D eigenvalue weighted by Crippen LogP contribution is -1.92. The summed E-state index contributed by atoms with van der Waals surface area (Å²) in [4.78, 5) is -0.567. The minimum absolute atomic E-state index is 0.0859. The van der Waals surface area contributed by atoms with Crippen LogP contribution in [-0.4, -0.2) is 13.5 Å². The minimum Gasteiger partial charge on any atom is -0.508 e. The second-order valence-electron chi connectivity index (χ2n) is 2.05. The van der Waals surface area contributed by atoms with Gasteiger partial charge in [-0.15, -0.1) is 3.89 Å². The predicted octanol–water partition coefficient (Wildman–Crippen LogP) is 1.81. The zero-order valence-electron chi connectivity index (χ0n) is 5.66. The molecule has 0 saturated heterocycles. The summed E-state index contributed by atoms with van der Waals surface area (Å²) < 4.78 is 33.3. The second-order valence-corrected chi connectivity index (χ2v) is 4.22. The van der Waals surface area contributed by atoms with Gasteiger partial charge < -0.3 is 5.11 Å². The number of aromatic hydroxyl groups is 1. The van der Waals surface area contributed by atoms with Gasteiger partial charge in [-0.05, 0) is 28.1 Å². The molecule has 0 aliphatic heterocycles. The summed E-state index contributed by atoms with van der Waals surface area (Å²) in [5.74, 6) is -0.297.